The predicted octanol–water partition coefficient (Wildman–Crippen LogP) is 4.92. The fourth-order valence-electron chi connectivity index (χ4n) is 2.62. The smallest absolute Gasteiger partial charge is 0.256 e. The van der Waals surface area contributed by atoms with Crippen LogP contribution in [0.4, 0.5) is 5.69 Å². The lowest BCUT2D eigenvalue weighted by atomic mass is 10.1. The minimum Gasteiger partial charge on any atom is -0.491 e. The van der Waals surface area contributed by atoms with E-state index in [9.17, 15) is 4.79 Å². The maximum absolute atomic E-state index is 12.9. The first-order valence-corrected chi connectivity index (χ1v) is 9.74. The molecule has 0 atom stereocenters. The molecular weight excluding hydrogens is 358 g/mol. The summed E-state index contributed by atoms with van der Waals surface area (Å²) in [6.45, 7) is 9.63. The average Bonchev–Trinajstić information content (AvgIpc) is 2.70. The molecular formula is C22H29NO5. The third kappa shape index (κ3) is 5.55. The molecule has 0 aliphatic carbocycles. The van der Waals surface area contributed by atoms with Crippen molar-refractivity contribution in [2.45, 2.75) is 34.1 Å². The Morgan fingerprint density at radius 3 is 2.00 bits per heavy atom. The van der Waals surface area contributed by atoms with Gasteiger partial charge in [0.2, 0.25) is 5.75 Å². The second-order valence-electron chi connectivity index (χ2n) is 5.90. The van der Waals surface area contributed by atoms with Crippen molar-refractivity contribution in [2.24, 2.45) is 0 Å². The van der Waals surface area contributed by atoms with E-state index in [1.807, 2.05) is 52.0 Å². The molecule has 0 saturated carbocycles. The Labute approximate surface area is 166 Å². The predicted molar refractivity (Wildman–Crippen MR) is 110 cm³/mol. The molecule has 6 heteroatoms. The minimum absolute atomic E-state index is 0.280. The van der Waals surface area contributed by atoms with E-state index in [2.05, 4.69) is 5.32 Å². The van der Waals surface area contributed by atoms with Gasteiger partial charge in [-0.1, -0.05) is 19.1 Å². The fraction of sp³-hybridized carbons (Fsp3) is 0.409. The van der Waals surface area contributed by atoms with E-state index in [1.165, 1.54) is 0 Å². The van der Waals surface area contributed by atoms with Gasteiger partial charge in [0.1, 0.15) is 5.75 Å². The quantitative estimate of drug-likeness (QED) is 0.593. The normalized spacial score (nSPS) is 10.3. The summed E-state index contributed by atoms with van der Waals surface area (Å²) in [6.07, 6.45) is 0.886. The highest BCUT2D eigenvalue weighted by Crippen LogP contribution is 2.39. The first-order valence-electron chi connectivity index (χ1n) is 9.74. The van der Waals surface area contributed by atoms with Gasteiger partial charge in [-0.2, -0.15) is 0 Å². The van der Waals surface area contributed by atoms with Crippen molar-refractivity contribution in [3.8, 4) is 23.0 Å². The van der Waals surface area contributed by atoms with Crippen LogP contribution in [0.5, 0.6) is 23.0 Å². The molecule has 1 N–H and O–H groups in total. The van der Waals surface area contributed by atoms with Crippen molar-refractivity contribution in [3.63, 3.8) is 0 Å². The van der Waals surface area contributed by atoms with Gasteiger partial charge in [0.15, 0.2) is 11.5 Å². The number of anilines is 1. The Morgan fingerprint density at radius 1 is 0.821 bits per heavy atom. The molecule has 152 valence electrons. The van der Waals surface area contributed by atoms with Gasteiger partial charge in [0.25, 0.3) is 5.91 Å². The molecule has 0 heterocycles. The number of hydrogen-bond acceptors (Lipinski definition) is 5. The van der Waals surface area contributed by atoms with Crippen molar-refractivity contribution < 1.29 is 23.7 Å². The van der Waals surface area contributed by atoms with E-state index in [4.69, 9.17) is 18.9 Å². The SMILES string of the molecule is CCCOc1ccccc1NC(=O)c1cc(OCC)c(OCC)c(OCC)c1. The summed E-state index contributed by atoms with van der Waals surface area (Å²) in [6, 6.07) is 10.7. The van der Waals surface area contributed by atoms with Crippen molar-refractivity contribution in [1.82, 2.24) is 0 Å². The van der Waals surface area contributed by atoms with Crippen LogP contribution in [0.1, 0.15) is 44.5 Å². The summed E-state index contributed by atoms with van der Waals surface area (Å²) in [5.74, 6) is 1.83. The third-order valence-corrected chi connectivity index (χ3v) is 3.77. The van der Waals surface area contributed by atoms with Crippen LogP contribution in [0.2, 0.25) is 0 Å². The number of benzene rings is 2. The second kappa shape index (κ2) is 11.1. The number of nitrogens with one attached hydrogen (secondary N) is 1. The van der Waals surface area contributed by atoms with Crippen LogP contribution in [-0.4, -0.2) is 32.3 Å². The number of para-hydroxylation sites is 2. The molecule has 0 aromatic heterocycles. The number of rotatable bonds is 11. The first kappa shape index (κ1) is 21.4. The average molecular weight is 387 g/mol. The van der Waals surface area contributed by atoms with Crippen molar-refractivity contribution >= 4 is 11.6 Å². The van der Waals surface area contributed by atoms with E-state index in [0.29, 0.717) is 60.7 Å². The van der Waals surface area contributed by atoms with E-state index in [-0.39, 0.29) is 5.91 Å². The summed E-state index contributed by atoms with van der Waals surface area (Å²) in [7, 11) is 0. The summed E-state index contributed by atoms with van der Waals surface area (Å²) in [5, 5.41) is 2.91. The Kier molecular flexibility index (Phi) is 8.46. The van der Waals surface area contributed by atoms with Gasteiger partial charge in [-0.05, 0) is 51.5 Å². The Hall–Kier alpha value is -2.89. The van der Waals surface area contributed by atoms with E-state index < -0.39 is 0 Å². The van der Waals surface area contributed by atoms with Crippen LogP contribution < -0.4 is 24.3 Å². The maximum Gasteiger partial charge on any atom is 0.256 e. The zero-order chi connectivity index (χ0) is 20.4. The van der Waals surface area contributed by atoms with Gasteiger partial charge in [-0.15, -0.1) is 0 Å². The van der Waals surface area contributed by atoms with E-state index >= 15 is 0 Å². The summed E-state index contributed by atoms with van der Waals surface area (Å²) < 4.78 is 22.8. The number of amides is 1. The van der Waals surface area contributed by atoms with Gasteiger partial charge in [0, 0.05) is 5.56 Å². The zero-order valence-electron chi connectivity index (χ0n) is 17.0. The highest BCUT2D eigenvalue weighted by Gasteiger charge is 2.19. The number of ether oxygens (including phenoxy) is 4. The van der Waals surface area contributed by atoms with Crippen LogP contribution in [0.25, 0.3) is 0 Å². The van der Waals surface area contributed by atoms with Gasteiger partial charge in [-0.3, -0.25) is 4.79 Å². The molecule has 2 rings (SSSR count). The number of hydrogen-bond donors (Lipinski definition) is 1. The molecule has 6 nitrogen and oxygen atoms in total. The second-order valence-corrected chi connectivity index (χ2v) is 5.90. The van der Waals surface area contributed by atoms with Gasteiger partial charge < -0.3 is 24.3 Å². The zero-order valence-corrected chi connectivity index (χ0v) is 17.0. The molecule has 0 aliphatic rings. The molecule has 2 aromatic rings. The Balaban J connectivity index is 2.34. The van der Waals surface area contributed by atoms with Gasteiger partial charge in [-0.25, -0.2) is 0 Å². The van der Waals surface area contributed by atoms with Crippen LogP contribution in [0, 0.1) is 0 Å². The van der Waals surface area contributed by atoms with E-state index in [0.717, 1.165) is 6.42 Å². The molecule has 1 amide bonds. The standard InChI is InChI=1S/C22H29NO5/c1-5-13-28-18-12-10-9-11-17(18)23-22(24)16-14-19(25-6-2)21(27-8-4)20(15-16)26-7-3/h9-12,14-15H,5-8,13H2,1-4H3,(H,23,24). The van der Waals surface area contributed by atoms with Crippen molar-refractivity contribution in [3.05, 3.63) is 42.0 Å². The van der Waals surface area contributed by atoms with E-state index in [1.54, 1.807) is 12.1 Å². The lowest BCUT2D eigenvalue weighted by molar-refractivity contribution is 0.102. The lowest BCUT2D eigenvalue weighted by Crippen LogP contribution is -2.14. The van der Waals surface area contributed by atoms with Crippen LogP contribution >= 0.6 is 0 Å². The largest absolute Gasteiger partial charge is 0.491 e. The molecule has 0 radical (unpaired) electrons. The van der Waals surface area contributed by atoms with Gasteiger partial charge >= 0.3 is 0 Å². The summed E-state index contributed by atoms with van der Waals surface area (Å²) >= 11 is 0. The summed E-state index contributed by atoms with van der Waals surface area (Å²) in [4.78, 5) is 12.9. The fourth-order valence-corrected chi connectivity index (χ4v) is 2.62. The summed E-state index contributed by atoms with van der Waals surface area (Å²) in [5.41, 5.74) is 1.03. The molecule has 0 fully saturated rings. The Morgan fingerprint density at radius 2 is 1.43 bits per heavy atom. The van der Waals surface area contributed by atoms with Crippen LogP contribution in [-0.2, 0) is 0 Å². The highest BCUT2D eigenvalue weighted by molar-refractivity contribution is 6.05. The highest BCUT2D eigenvalue weighted by atomic mass is 16.5. The molecule has 0 saturated heterocycles. The Bertz CT molecular complexity index is 748. The lowest BCUT2D eigenvalue weighted by Gasteiger charge is -2.17. The molecule has 0 aliphatic heterocycles. The van der Waals surface area contributed by atoms with Crippen molar-refractivity contribution in [2.75, 3.05) is 31.7 Å². The molecule has 28 heavy (non-hydrogen) atoms. The topological polar surface area (TPSA) is 66.0 Å². The first-order chi connectivity index (χ1) is 13.6. The number of carbonyl (C=O) groups excluding carboxylic acids is 1. The molecule has 2 aromatic carbocycles. The number of carbonyl (C=O) groups is 1. The van der Waals surface area contributed by atoms with Crippen LogP contribution in [0.15, 0.2) is 36.4 Å². The maximum atomic E-state index is 12.9. The van der Waals surface area contributed by atoms with Crippen LogP contribution in [0.3, 0.4) is 0 Å². The molecule has 0 unspecified atom stereocenters. The van der Waals surface area contributed by atoms with Crippen molar-refractivity contribution in [1.29, 1.82) is 0 Å². The molecule has 0 bridgehead atoms. The minimum atomic E-state index is -0.280. The molecule has 0 spiro atoms. The third-order valence-electron chi connectivity index (χ3n) is 3.77. The monoisotopic (exact) mass is 387 g/mol. The van der Waals surface area contributed by atoms with Gasteiger partial charge in [0.05, 0.1) is 32.1 Å².